The molecule has 1 amide bonds. The van der Waals surface area contributed by atoms with E-state index in [-0.39, 0.29) is 12.5 Å². The Morgan fingerprint density at radius 3 is 2.68 bits per heavy atom. The fourth-order valence-electron chi connectivity index (χ4n) is 3.18. The molecule has 0 saturated heterocycles. The van der Waals surface area contributed by atoms with Gasteiger partial charge in [0.1, 0.15) is 11.6 Å². The second-order valence-corrected chi connectivity index (χ2v) is 7.65. The summed E-state index contributed by atoms with van der Waals surface area (Å²) < 4.78 is 1.94. The minimum atomic E-state index is -0.0516. The van der Waals surface area contributed by atoms with Crippen molar-refractivity contribution in [2.24, 2.45) is 0 Å². The third-order valence-electron chi connectivity index (χ3n) is 4.59. The smallest absolute Gasteiger partial charge is 0.244 e. The highest BCUT2D eigenvalue weighted by Gasteiger charge is 2.13. The Bertz CT molecular complexity index is 1110. The summed E-state index contributed by atoms with van der Waals surface area (Å²) in [6.45, 7) is 4.29. The van der Waals surface area contributed by atoms with E-state index in [4.69, 9.17) is 4.98 Å². The number of aromatic nitrogens is 2. The maximum atomic E-state index is 12.6. The van der Waals surface area contributed by atoms with Crippen molar-refractivity contribution in [2.75, 3.05) is 5.32 Å². The molecule has 5 heteroatoms. The molecule has 0 fully saturated rings. The molecule has 140 valence electrons. The van der Waals surface area contributed by atoms with Gasteiger partial charge < -0.3 is 9.88 Å². The number of benzene rings is 2. The van der Waals surface area contributed by atoms with Crippen molar-refractivity contribution in [1.82, 2.24) is 9.55 Å². The summed E-state index contributed by atoms with van der Waals surface area (Å²) in [6.07, 6.45) is 1.92. The number of amides is 1. The van der Waals surface area contributed by atoms with Gasteiger partial charge in [-0.1, -0.05) is 48.0 Å². The minimum absolute atomic E-state index is 0.0516. The molecule has 2 aromatic heterocycles. The Morgan fingerprint density at radius 1 is 1.07 bits per heavy atom. The number of aryl methyl sites for hydroxylation is 2. The van der Waals surface area contributed by atoms with Crippen molar-refractivity contribution >= 4 is 22.9 Å². The zero-order chi connectivity index (χ0) is 19.5. The van der Waals surface area contributed by atoms with Crippen LogP contribution in [0.25, 0.3) is 22.0 Å². The van der Waals surface area contributed by atoms with Gasteiger partial charge in [0.05, 0.1) is 11.4 Å². The standard InChI is InChI=1S/C23H21N3OS/c1-16-10-11-19(17(2)13-16)24-22(27)14-26-12-6-9-21(26)23-25-20(15-28-23)18-7-4-3-5-8-18/h3-13,15H,14H2,1-2H3,(H,24,27). The Kier molecular flexibility index (Phi) is 5.08. The third kappa shape index (κ3) is 3.89. The van der Waals surface area contributed by atoms with Crippen molar-refractivity contribution in [3.05, 3.63) is 83.4 Å². The van der Waals surface area contributed by atoms with E-state index in [1.54, 1.807) is 11.3 Å². The lowest BCUT2D eigenvalue weighted by Gasteiger charge is -2.11. The molecule has 0 aliphatic rings. The summed E-state index contributed by atoms with van der Waals surface area (Å²) in [6, 6.07) is 20.1. The molecule has 0 bridgehead atoms. The minimum Gasteiger partial charge on any atom is -0.336 e. The lowest BCUT2D eigenvalue weighted by Crippen LogP contribution is -2.19. The van der Waals surface area contributed by atoms with E-state index < -0.39 is 0 Å². The number of nitrogens with zero attached hydrogens (tertiary/aromatic N) is 2. The summed E-state index contributed by atoms with van der Waals surface area (Å²) in [4.78, 5) is 17.3. The van der Waals surface area contributed by atoms with Gasteiger partial charge in [-0.05, 0) is 37.6 Å². The maximum absolute atomic E-state index is 12.6. The number of carbonyl (C=O) groups excluding carboxylic acids is 1. The van der Waals surface area contributed by atoms with Gasteiger partial charge in [0.2, 0.25) is 5.91 Å². The first-order valence-electron chi connectivity index (χ1n) is 9.14. The molecule has 4 aromatic rings. The largest absolute Gasteiger partial charge is 0.336 e. The highest BCUT2D eigenvalue weighted by atomic mass is 32.1. The van der Waals surface area contributed by atoms with E-state index in [0.717, 1.165) is 33.2 Å². The zero-order valence-corrected chi connectivity index (χ0v) is 16.7. The number of rotatable bonds is 5. The third-order valence-corrected chi connectivity index (χ3v) is 5.46. The van der Waals surface area contributed by atoms with E-state index in [0.29, 0.717) is 0 Å². The van der Waals surface area contributed by atoms with Crippen LogP contribution in [0, 0.1) is 13.8 Å². The first-order valence-corrected chi connectivity index (χ1v) is 10.0. The molecule has 0 spiro atoms. The highest BCUT2D eigenvalue weighted by molar-refractivity contribution is 7.13. The Balaban J connectivity index is 1.52. The normalized spacial score (nSPS) is 10.8. The average molecular weight is 388 g/mol. The molecule has 28 heavy (non-hydrogen) atoms. The van der Waals surface area contributed by atoms with Crippen molar-refractivity contribution in [3.8, 4) is 22.0 Å². The lowest BCUT2D eigenvalue weighted by atomic mass is 10.1. The van der Waals surface area contributed by atoms with Crippen molar-refractivity contribution < 1.29 is 4.79 Å². The Morgan fingerprint density at radius 2 is 1.89 bits per heavy atom. The number of carbonyl (C=O) groups is 1. The monoisotopic (exact) mass is 387 g/mol. The molecule has 1 N–H and O–H groups in total. The number of hydrogen-bond donors (Lipinski definition) is 1. The quantitative estimate of drug-likeness (QED) is 0.489. The van der Waals surface area contributed by atoms with Gasteiger partial charge in [-0.3, -0.25) is 4.79 Å². The van der Waals surface area contributed by atoms with Gasteiger partial charge in [0, 0.05) is 22.8 Å². The van der Waals surface area contributed by atoms with Gasteiger partial charge in [0.25, 0.3) is 0 Å². The molecular weight excluding hydrogens is 366 g/mol. The van der Waals surface area contributed by atoms with E-state index >= 15 is 0 Å². The summed E-state index contributed by atoms with van der Waals surface area (Å²) in [5, 5.41) is 5.97. The highest BCUT2D eigenvalue weighted by Crippen LogP contribution is 2.29. The molecule has 0 unspecified atom stereocenters. The molecule has 0 saturated carbocycles. The fraction of sp³-hybridized carbons (Fsp3) is 0.130. The molecule has 0 atom stereocenters. The lowest BCUT2D eigenvalue weighted by molar-refractivity contribution is -0.116. The van der Waals surface area contributed by atoms with Gasteiger partial charge in [-0.25, -0.2) is 4.98 Å². The van der Waals surface area contributed by atoms with Crippen LogP contribution in [-0.4, -0.2) is 15.5 Å². The van der Waals surface area contributed by atoms with E-state index in [2.05, 4.69) is 28.9 Å². The summed E-state index contributed by atoms with van der Waals surface area (Å²) >= 11 is 1.59. The van der Waals surface area contributed by atoms with Crippen LogP contribution in [0.4, 0.5) is 5.69 Å². The number of anilines is 1. The van der Waals surface area contributed by atoms with E-state index in [1.165, 1.54) is 5.56 Å². The zero-order valence-electron chi connectivity index (χ0n) is 15.8. The second kappa shape index (κ2) is 7.82. The summed E-state index contributed by atoms with van der Waals surface area (Å²) in [5.41, 5.74) is 6.09. The maximum Gasteiger partial charge on any atom is 0.244 e. The predicted molar refractivity (Wildman–Crippen MR) is 116 cm³/mol. The van der Waals surface area contributed by atoms with Crippen LogP contribution in [0.15, 0.2) is 72.2 Å². The van der Waals surface area contributed by atoms with Crippen molar-refractivity contribution in [1.29, 1.82) is 0 Å². The topological polar surface area (TPSA) is 46.9 Å². The van der Waals surface area contributed by atoms with Gasteiger partial charge in [-0.2, -0.15) is 0 Å². The van der Waals surface area contributed by atoms with Crippen molar-refractivity contribution in [3.63, 3.8) is 0 Å². The van der Waals surface area contributed by atoms with E-state index in [1.807, 2.05) is 67.1 Å². The predicted octanol–water partition coefficient (Wildman–Crippen LogP) is 5.53. The van der Waals surface area contributed by atoms with Gasteiger partial charge in [0.15, 0.2) is 0 Å². The van der Waals surface area contributed by atoms with Crippen LogP contribution in [0.3, 0.4) is 0 Å². The van der Waals surface area contributed by atoms with Crippen LogP contribution in [0.2, 0.25) is 0 Å². The van der Waals surface area contributed by atoms with Crippen LogP contribution in [0.1, 0.15) is 11.1 Å². The van der Waals surface area contributed by atoms with E-state index in [9.17, 15) is 4.79 Å². The Hall–Kier alpha value is -3.18. The first-order chi connectivity index (χ1) is 13.6. The molecule has 4 rings (SSSR count). The molecule has 0 aliphatic heterocycles. The Labute approximate surface area is 168 Å². The molecule has 2 aromatic carbocycles. The van der Waals surface area contributed by atoms with Crippen LogP contribution < -0.4 is 5.32 Å². The summed E-state index contributed by atoms with van der Waals surface area (Å²) in [5.74, 6) is -0.0516. The fourth-order valence-corrected chi connectivity index (χ4v) is 4.05. The SMILES string of the molecule is Cc1ccc(NC(=O)Cn2cccc2-c2nc(-c3ccccc3)cs2)c(C)c1. The number of thiazole rings is 1. The molecule has 2 heterocycles. The van der Waals surface area contributed by atoms with Crippen LogP contribution >= 0.6 is 11.3 Å². The molecule has 4 nitrogen and oxygen atoms in total. The average Bonchev–Trinajstić information content (AvgIpc) is 3.34. The number of hydrogen-bond acceptors (Lipinski definition) is 3. The van der Waals surface area contributed by atoms with Crippen LogP contribution in [-0.2, 0) is 11.3 Å². The first kappa shape index (κ1) is 18.2. The summed E-state index contributed by atoms with van der Waals surface area (Å²) in [7, 11) is 0. The van der Waals surface area contributed by atoms with Crippen LogP contribution in [0.5, 0.6) is 0 Å². The molecular formula is C23H21N3OS. The van der Waals surface area contributed by atoms with Gasteiger partial charge >= 0.3 is 0 Å². The molecule has 0 radical (unpaired) electrons. The van der Waals surface area contributed by atoms with Gasteiger partial charge in [-0.15, -0.1) is 11.3 Å². The second-order valence-electron chi connectivity index (χ2n) is 6.79. The number of nitrogens with one attached hydrogen (secondary N) is 1. The van der Waals surface area contributed by atoms with Crippen molar-refractivity contribution in [2.45, 2.75) is 20.4 Å². The molecule has 0 aliphatic carbocycles.